The Morgan fingerprint density at radius 1 is 1.00 bits per heavy atom. The van der Waals surface area contributed by atoms with E-state index in [4.69, 9.17) is 0 Å². The Balaban J connectivity index is 2.19. The van der Waals surface area contributed by atoms with Gasteiger partial charge in [0.1, 0.15) is 5.54 Å². The Bertz CT molecular complexity index is 369. The fraction of sp³-hybridized carbons (Fsp3) is 1.00. The lowest BCUT2D eigenvalue weighted by atomic mass is 9.92. The Morgan fingerprint density at radius 2 is 1.52 bits per heavy atom. The zero-order chi connectivity index (χ0) is 16.1. The number of hydrogen-bond acceptors (Lipinski definition) is 3. The van der Waals surface area contributed by atoms with Crippen molar-refractivity contribution in [3.05, 3.63) is 0 Å². The summed E-state index contributed by atoms with van der Waals surface area (Å²) in [4.78, 5) is 6.13. The maximum Gasteiger partial charge on any atom is 0.406 e. The second kappa shape index (κ2) is 5.39. The molecule has 0 amide bonds. The molecule has 0 aromatic rings. The second-order valence-electron chi connectivity index (χ2n) is 7.75. The van der Waals surface area contributed by atoms with Gasteiger partial charge < -0.3 is 4.90 Å². The smallest absolute Gasteiger partial charge is 0.304 e. The molecule has 0 aromatic heterocycles. The molecule has 124 valence electrons. The lowest BCUT2D eigenvalue weighted by molar-refractivity contribution is -0.229. The van der Waals surface area contributed by atoms with E-state index in [2.05, 4.69) is 16.8 Å². The minimum absolute atomic E-state index is 0.00421. The van der Waals surface area contributed by atoms with E-state index in [0.29, 0.717) is 6.54 Å². The SMILES string of the molecule is CN1CCN(C2CN(C(C)(C)C)C(C)(C(F)(F)F)C2)CC1. The van der Waals surface area contributed by atoms with Crippen molar-refractivity contribution < 1.29 is 13.2 Å². The van der Waals surface area contributed by atoms with Crippen molar-refractivity contribution in [2.24, 2.45) is 0 Å². The van der Waals surface area contributed by atoms with Crippen LogP contribution in [0.25, 0.3) is 0 Å². The van der Waals surface area contributed by atoms with E-state index in [9.17, 15) is 13.2 Å². The van der Waals surface area contributed by atoms with Gasteiger partial charge in [-0.2, -0.15) is 13.2 Å². The van der Waals surface area contributed by atoms with Crippen molar-refractivity contribution in [2.45, 2.75) is 57.4 Å². The minimum Gasteiger partial charge on any atom is -0.304 e. The molecule has 21 heavy (non-hydrogen) atoms. The van der Waals surface area contributed by atoms with Gasteiger partial charge in [-0.15, -0.1) is 0 Å². The molecule has 6 heteroatoms. The molecule has 0 spiro atoms. The number of nitrogens with zero attached hydrogens (tertiary/aromatic N) is 3. The molecule has 2 atom stereocenters. The summed E-state index contributed by atoms with van der Waals surface area (Å²) in [5, 5.41) is 0. The third kappa shape index (κ3) is 3.22. The molecule has 3 nitrogen and oxygen atoms in total. The molecule has 2 unspecified atom stereocenters. The van der Waals surface area contributed by atoms with Crippen molar-refractivity contribution in [1.29, 1.82) is 0 Å². The van der Waals surface area contributed by atoms with Crippen molar-refractivity contribution in [3.63, 3.8) is 0 Å². The minimum atomic E-state index is -4.19. The first-order valence-corrected chi connectivity index (χ1v) is 7.72. The summed E-state index contributed by atoms with van der Waals surface area (Å²) in [5.74, 6) is 0. The Morgan fingerprint density at radius 3 is 1.90 bits per heavy atom. The summed E-state index contributed by atoms with van der Waals surface area (Å²) < 4.78 is 41.0. The van der Waals surface area contributed by atoms with Crippen LogP contribution in [0, 0.1) is 0 Å². The van der Waals surface area contributed by atoms with Crippen LogP contribution < -0.4 is 0 Å². The number of rotatable bonds is 1. The van der Waals surface area contributed by atoms with Gasteiger partial charge >= 0.3 is 6.18 Å². The predicted molar refractivity (Wildman–Crippen MR) is 78.4 cm³/mol. The predicted octanol–water partition coefficient (Wildman–Crippen LogP) is 2.43. The van der Waals surface area contributed by atoms with Crippen molar-refractivity contribution in [2.75, 3.05) is 39.8 Å². The molecule has 2 rings (SSSR count). The van der Waals surface area contributed by atoms with Crippen LogP contribution in [0.5, 0.6) is 0 Å². The van der Waals surface area contributed by atoms with Gasteiger partial charge in [-0.25, -0.2) is 0 Å². The van der Waals surface area contributed by atoms with Gasteiger partial charge in [0, 0.05) is 44.3 Å². The molecule has 0 N–H and O–H groups in total. The van der Waals surface area contributed by atoms with E-state index in [1.165, 1.54) is 6.92 Å². The number of hydrogen-bond donors (Lipinski definition) is 0. The molecule has 0 aliphatic carbocycles. The van der Waals surface area contributed by atoms with Gasteiger partial charge in [0.25, 0.3) is 0 Å². The molecular formula is C15H28F3N3. The molecule has 0 aromatic carbocycles. The average Bonchev–Trinajstić information content (AvgIpc) is 2.69. The lowest BCUT2D eigenvalue weighted by Gasteiger charge is -2.44. The van der Waals surface area contributed by atoms with E-state index in [1.54, 1.807) is 4.90 Å². The number of likely N-dealkylation sites (tertiary alicyclic amines) is 1. The molecule has 2 aliphatic heterocycles. The Kier molecular flexibility index (Phi) is 4.37. The molecule has 0 radical (unpaired) electrons. The zero-order valence-corrected chi connectivity index (χ0v) is 13.8. The maximum absolute atomic E-state index is 13.7. The summed E-state index contributed by atoms with van der Waals surface area (Å²) in [7, 11) is 2.06. The summed E-state index contributed by atoms with van der Waals surface area (Å²) in [6.45, 7) is 11.1. The number of alkyl halides is 3. The summed E-state index contributed by atoms with van der Waals surface area (Å²) in [6.07, 6.45) is -4.01. The lowest BCUT2D eigenvalue weighted by Crippen LogP contribution is -2.59. The van der Waals surface area contributed by atoms with Crippen LogP contribution in [0.2, 0.25) is 0 Å². The third-order valence-corrected chi connectivity index (χ3v) is 5.10. The van der Waals surface area contributed by atoms with Gasteiger partial charge in [-0.05, 0) is 41.2 Å². The van der Waals surface area contributed by atoms with Gasteiger partial charge in [0.15, 0.2) is 0 Å². The Labute approximate surface area is 126 Å². The zero-order valence-electron chi connectivity index (χ0n) is 13.8. The van der Waals surface area contributed by atoms with E-state index in [0.717, 1.165) is 26.2 Å². The van der Waals surface area contributed by atoms with Crippen LogP contribution >= 0.6 is 0 Å². The first-order valence-electron chi connectivity index (χ1n) is 7.72. The third-order valence-electron chi connectivity index (χ3n) is 5.10. The average molecular weight is 307 g/mol. The van der Waals surface area contributed by atoms with E-state index < -0.39 is 17.3 Å². The fourth-order valence-corrected chi connectivity index (χ4v) is 3.76. The number of likely N-dealkylation sites (N-methyl/N-ethyl adjacent to an activating group) is 1. The van der Waals surface area contributed by atoms with Crippen molar-refractivity contribution >= 4 is 0 Å². The van der Waals surface area contributed by atoms with Crippen molar-refractivity contribution in [1.82, 2.24) is 14.7 Å². The van der Waals surface area contributed by atoms with Crippen LogP contribution in [-0.2, 0) is 0 Å². The van der Waals surface area contributed by atoms with Gasteiger partial charge in [-0.1, -0.05) is 0 Å². The van der Waals surface area contributed by atoms with E-state index in [1.807, 2.05) is 20.8 Å². The first-order chi connectivity index (χ1) is 9.45. The molecule has 0 saturated carbocycles. The summed E-state index contributed by atoms with van der Waals surface area (Å²) in [5.41, 5.74) is -2.20. The molecule has 2 heterocycles. The molecule has 2 fully saturated rings. The standard InChI is InChI=1S/C15H28F3N3/c1-13(2,3)21-11-12(10-14(21,4)15(16,17)18)20-8-6-19(5)7-9-20/h12H,6-11H2,1-5H3. The van der Waals surface area contributed by atoms with Crippen LogP contribution in [0.3, 0.4) is 0 Å². The molecule has 0 bridgehead atoms. The highest BCUT2D eigenvalue weighted by molar-refractivity contribution is 5.08. The van der Waals surface area contributed by atoms with E-state index >= 15 is 0 Å². The van der Waals surface area contributed by atoms with Crippen LogP contribution in [0.15, 0.2) is 0 Å². The summed E-state index contributed by atoms with van der Waals surface area (Å²) >= 11 is 0. The maximum atomic E-state index is 13.7. The second-order valence-corrected chi connectivity index (χ2v) is 7.75. The number of halogens is 3. The normalized spacial score (nSPS) is 34.6. The molecular weight excluding hydrogens is 279 g/mol. The highest BCUT2D eigenvalue weighted by Crippen LogP contribution is 2.47. The van der Waals surface area contributed by atoms with Gasteiger partial charge in [-0.3, -0.25) is 9.80 Å². The largest absolute Gasteiger partial charge is 0.406 e. The first kappa shape index (κ1) is 17.0. The fourth-order valence-electron chi connectivity index (χ4n) is 3.76. The van der Waals surface area contributed by atoms with Gasteiger partial charge in [0.2, 0.25) is 0 Å². The number of piperazine rings is 1. The van der Waals surface area contributed by atoms with Crippen molar-refractivity contribution in [3.8, 4) is 0 Å². The van der Waals surface area contributed by atoms with E-state index in [-0.39, 0.29) is 12.5 Å². The highest BCUT2D eigenvalue weighted by atomic mass is 19.4. The summed E-state index contributed by atoms with van der Waals surface area (Å²) in [6, 6.07) is 0.00421. The van der Waals surface area contributed by atoms with Crippen LogP contribution in [0.1, 0.15) is 34.1 Å². The highest BCUT2D eigenvalue weighted by Gasteiger charge is 2.62. The monoisotopic (exact) mass is 307 g/mol. The van der Waals surface area contributed by atoms with Crippen LogP contribution in [-0.4, -0.2) is 77.8 Å². The molecule has 2 saturated heterocycles. The topological polar surface area (TPSA) is 9.72 Å². The Hall–Kier alpha value is -0.330. The molecule has 2 aliphatic rings. The van der Waals surface area contributed by atoms with Gasteiger partial charge in [0.05, 0.1) is 0 Å². The quantitative estimate of drug-likeness (QED) is 0.737. The van der Waals surface area contributed by atoms with Crippen LogP contribution in [0.4, 0.5) is 13.2 Å².